The third-order valence-corrected chi connectivity index (χ3v) is 3.16. The molecule has 20 heavy (non-hydrogen) atoms. The summed E-state index contributed by atoms with van der Waals surface area (Å²) in [4.78, 5) is 7.55. The third kappa shape index (κ3) is 2.69. The van der Waals surface area contributed by atoms with Crippen molar-refractivity contribution in [2.45, 2.75) is 13.3 Å². The molecule has 0 fully saturated rings. The minimum atomic E-state index is 0.646. The fraction of sp³-hybridized carbons (Fsp3) is 0.125. The Labute approximate surface area is 117 Å². The van der Waals surface area contributed by atoms with E-state index in [1.54, 1.807) is 6.21 Å². The van der Waals surface area contributed by atoms with Crippen molar-refractivity contribution >= 4 is 23.2 Å². The Morgan fingerprint density at radius 1 is 1.15 bits per heavy atom. The molecule has 0 unspecified atom stereocenters. The summed E-state index contributed by atoms with van der Waals surface area (Å²) in [7, 11) is 0. The highest BCUT2D eigenvalue weighted by Crippen LogP contribution is 2.13. The van der Waals surface area contributed by atoms with Crippen molar-refractivity contribution in [1.29, 1.82) is 0 Å². The van der Waals surface area contributed by atoms with Crippen LogP contribution >= 0.6 is 0 Å². The van der Waals surface area contributed by atoms with E-state index < -0.39 is 0 Å². The van der Waals surface area contributed by atoms with Crippen molar-refractivity contribution in [3.63, 3.8) is 0 Å². The number of nitrogens with one attached hydrogen (secondary N) is 2. The first-order chi connectivity index (χ1) is 9.85. The lowest BCUT2D eigenvalue weighted by Crippen LogP contribution is -1.92. The van der Waals surface area contributed by atoms with E-state index in [4.69, 9.17) is 0 Å². The van der Waals surface area contributed by atoms with Crippen LogP contribution in [0.4, 0.5) is 5.95 Å². The molecule has 0 saturated heterocycles. The van der Waals surface area contributed by atoms with Gasteiger partial charge in [0.25, 0.3) is 0 Å². The number of hydrogen-bond acceptors (Lipinski definition) is 3. The van der Waals surface area contributed by atoms with Gasteiger partial charge in [0.05, 0.1) is 17.2 Å². The average molecular weight is 264 g/mol. The molecule has 0 aliphatic heterocycles. The molecule has 0 bridgehead atoms. The molecule has 2 aromatic carbocycles. The van der Waals surface area contributed by atoms with Gasteiger partial charge in [0.1, 0.15) is 0 Å². The van der Waals surface area contributed by atoms with Crippen LogP contribution in [0.1, 0.15) is 18.1 Å². The Balaban J connectivity index is 1.69. The Hall–Kier alpha value is -2.62. The molecule has 4 nitrogen and oxygen atoms in total. The first kappa shape index (κ1) is 12.4. The van der Waals surface area contributed by atoms with Gasteiger partial charge in [-0.15, -0.1) is 0 Å². The summed E-state index contributed by atoms with van der Waals surface area (Å²) in [6.45, 7) is 2.15. The van der Waals surface area contributed by atoms with Crippen molar-refractivity contribution in [3.8, 4) is 0 Å². The van der Waals surface area contributed by atoms with Crippen LogP contribution in [0.15, 0.2) is 53.6 Å². The second-order valence-electron chi connectivity index (χ2n) is 4.57. The van der Waals surface area contributed by atoms with E-state index in [0.717, 1.165) is 23.0 Å². The molecule has 0 saturated carbocycles. The predicted octanol–water partition coefficient (Wildman–Crippen LogP) is 3.57. The van der Waals surface area contributed by atoms with Gasteiger partial charge in [-0.05, 0) is 29.7 Å². The molecule has 0 spiro atoms. The zero-order valence-corrected chi connectivity index (χ0v) is 11.3. The lowest BCUT2D eigenvalue weighted by molar-refractivity contribution is 1.14. The lowest BCUT2D eigenvalue weighted by Gasteiger charge is -1.97. The van der Waals surface area contributed by atoms with Gasteiger partial charge in [-0.1, -0.05) is 43.3 Å². The van der Waals surface area contributed by atoms with E-state index >= 15 is 0 Å². The number of hydrazone groups is 1. The summed E-state index contributed by atoms with van der Waals surface area (Å²) < 4.78 is 0. The molecular weight excluding hydrogens is 248 g/mol. The highest BCUT2D eigenvalue weighted by Gasteiger charge is 1.99. The number of aromatic nitrogens is 2. The number of imidazole rings is 1. The summed E-state index contributed by atoms with van der Waals surface area (Å²) in [6, 6.07) is 16.2. The third-order valence-electron chi connectivity index (χ3n) is 3.16. The fourth-order valence-electron chi connectivity index (χ4n) is 2.01. The van der Waals surface area contributed by atoms with Crippen LogP contribution in [0, 0.1) is 0 Å². The minimum Gasteiger partial charge on any atom is -0.323 e. The highest BCUT2D eigenvalue weighted by molar-refractivity contribution is 5.81. The number of nitrogens with zero attached hydrogens (tertiary/aromatic N) is 2. The monoisotopic (exact) mass is 264 g/mol. The molecule has 3 rings (SSSR count). The fourth-order valence-corrected chi connectivity index (χ4v) is 2.01. The molecule has 0 atom stereocenters. The molecular formula is C16H16N4. The molecule has 0 radical (unpaired) electrons. The van der Waals surface area contributed by atoms with Crippen molar-refractivity contribution in [3.05, 3.63) is 59.7 Å². The zero-order chi connectivity index (χ0) is 13.8. The van der Waals surface area contributed by atoms with Crippen LogP contribution in [-0.4, -0.2) is 16.2 Å². The van der Waals surface area contributed by atoms with E-state index in [-0.39, 0.29) is 0 Å². The van der Waals surface area contributed by atoms with Gasteiger partial charge in [-0.2, -0.15) is 5.10 Å². The molecule has 0 aliphatic carbocycles. The first-order valence-corrected chi connectivity index (χ1v) is 6.68. The van der Waals surface area contributed by atoms with Crippen molar-refractivity contribution < 1.29 is 0 Å². The summed E-state index contributed by atoms with van der Waals surface area (Å²) in [6.07, 6.45) is 2.83. The minimum absolute atomic E-state index is 0.646. The Morgan fingerprint density at radius 3 is 2.70 bits per heavy atom. The molecule has 2 N–H and O–H groups in total. The zero-order valence-electron chi connectivity index (χ0n) is 11.3. The van der Waals surface area contributed by atoms with Gasteiger partial charge in [0.2, 0.25) is 5.95 Å². The average Bonchev–Trinajstić information content (AvgIpc) is 2.90. The van der Waals surface area contributed by atoms with E-state index in [1.807, 2.05) is 24.3 Å². The molecule has 0 aliphatic rings. The summed E-state index contributed by atoms with van der Waals surface area (Å²) >= 11 is 0. The van der Waals surface area contributed by atoms with Gasteiger partial charge >= 0.3 is 0 Å². The normalized spacial score (nSPS) is 11.2. The number of fused-ring (bicyclic) bond motifs is 1. The SMILES string of the molecule is CCc1ccc(C=NNc2nc3ccccc3[nH]2)cc1. The van der Waals surface area contributed by atoms with Crippen LogP contribution < -0.4 is 5.43 Å². The van der Waals surface area contributed by atoms with Gasteiger partial charge < -0.3 is 4.98 Å². The van der Waals surface area contributed by atoms with Crippen LogP contribution in [0.25, 0.3) is 11.0 Å². The van der Waals surface area contributed by atoms with E-state index in [0.29, 0.717) is 5.95 Å². The van der Waals surface area contributed by atoms with Gasteiger partial charge in [0.15, 0.2) is 0 Å². The summed E-state index contributed by atoms with van der Waals surface area (Å²) in [5.74, 6) is 0.646. The number of benzene rings is 2. The summed E-state index contributed by atoms with van der Waals surface area (Å²) in [5.41, 5.74) is 7.23. The number of hydrogen-bond donors (Lipinski definition) is 2. The van der Waals surface area contributed by atoms with Crippen LogP contribution in [0.5, 0.6) is 0 Å². The molecule has 1 heterocycles. The predicted molar refractivity (Wildman–Crippen MR) is 83.1 cm³/mol. The van der Waals surface area contributed by atoms with Crippen LogP contribution in [0.2, 0.25) is 0 Å². The maximum Gasteiger partial charge on any atom is 0.222 e. The molecule has 4 heteroatoms. The standard InChI is InChI=1S/C16H16N4/c1-2-12-7-9-13(10-8-12)11-17-20-16-18-14-5-3-4-6-15(14)19-16/h3-11H,2H2,1H3,(H2,18,19,20). The maximum atomic E-state index is 4.39. The topological polar surface area (TPSA) is 53.1 Å². The van der Waals surface area contributed by atoms with Crippen molar-refractivity contribution in [1.82, 2.24) is 9.97 Å². The Kier molecular flexibility index (Phi) is 3.46. The van der Waals surface area contributed by atoms with Gasteiger partial charge in [0, 0.05) is 0 Å². The number of H-pyrrole nitrogens is 1. The molecule has 1 aromatic heterocycles. The second kappa shape index (κ2) is 5.57. The van der Waals surface area contributed by atoms with E-state index in [1.165, 1.54) is 5.56 Å². The molecule has 3 aromatic rings. The quantitative estimate of drug-likeness (QED) is 0.559. The Morgan fingerprint density at radius 2 is 1.95 bits per heavy atom. The van der Waals surface area contributed by atoms with Gasteiger partial charge in [-0.25, -0.2) is 10.4 Å². The highest BCUT2D eigenvalue weighted by atomic mass is 15.3. The van der Waals surface area contributed by atoms with Crippen LogP contribution in [0.3, 0.4) is 0 Å². The number of aromatic amines is 1. The van der Waals surface area contributed by atoms with Crippen molar-refractivity contribution in [2.75, 3.05) is 5.43 Å². The first-order valence-electron chi connectivity index (χ1n) is 6.68. The number of anilines is 1. The Bertz CT molecular complexity index is 693. The lowest BCUT2D eigenvalue weighted by atomic mass is 10.1. The summed E-state index contributed by atoms with van der Waals surface area (Å²) in [5, 5.41) is 4.19. The van der Waals surface area contributed by atoms with Gasteiger partial charge in [-0.3, -0.25) is 0 Å². The maximum absolute atomic E-state index is 4.39. The largest absolute Gasteiger partial charge is 0.323 e. The number of aryl methyl sites for hydroxylation is 1. The number of para-hydroxylation sites is 2. The molecule has 100 valence electrons. The van der Waals surface area contributed by atoms with E-state index in [2.05, 4.69) is 51.7 Å². The smallest absolute Gasteiger partial charge is 0.222 e. The second-order valence-corrected chi connectivity index (χ2v) is 4.57. The van der Waals surface area contributed by atoms with Crippen molar-refractivity contribution in [2.24, 2.45) is 5.10 Å². The van der Waals surface area contributed by atoms with Crippen LogP contribution in [-0.2, 0) is 6.42 Å². The molecule has 0 amide bonds. The number of rotatable bonds is 4. The van der Waals surface area contributed by atoms with E-state index in [9.17, 15) is 0 Å².